The van der Waals surface area contributed by atoms with E-state index in [9.17, 15) is 0 Å². The maximum Gasteiger partial charge on any atom is 0.0880 e. The summed E-state index contributed by atoms with van der Waals surface area (Å²) < 4.78 is 8.05. The number of hydrogen-bond donors (Lipinski definition) is 1. The zero-order chi connectivity index (χ0) is 13.7. The third-order valence-electron chi connectivity index (χ3n) is 3.89. The van der Waals surface area contributed by atoms with Gasteiger partial charge in [0.2, 0.25) is 0 Å². The van der Waals surface area contributed by atoms with Gasteiger partial charge in [0.25, 0.3) is 0 Å². The van der Waals surface area contributed by atoms with Crippen LogP contribution in [0.25, 0.3) is 0 Å². The smallest absolute Gasteiger partial charge is 0.0880 e. The summed E-state index contributed by atoms with van der Waals surface area (Å²) in [7, 11) is 0. The van der Waals surface area contributed by atoms with Crippen LogP contribution in [0.4, 0.5) is 0 Å². The van der Waals surface area contributed by atoms with Crippen molar-refractivity contribution in [2.75, 3.05) is 26.2 Å². The van der Waals surface area contributed by atoms with Gasteiger partial charge in [-0.05, 0) is 24.6 Å². The van der Waals surface area contributed by atoms with Crippen LogP contribution in [0.5, 0.6) is 0 Å². The van der Waals surface area contributed by atoms with Gasteiger partial charge in [-0.25, -0.2) is 0 Å². The van der Waals surface area contributed by atoms with Crippen molar-refractivity contribution in [2.45, 2.75) is 45.4 Å². The molecule has 2 N–H and O–H groups in total. The van der Waals surface area contributed by atoms with E-state index in [0.29, 0.717) is 6.10 Å². The van der Waals surface area contributed by atoms with Crippen LogP contribution in [-0.2, 0) is 11.3 Å². The second-order valence-corrected chi connectivity index (χ2v) is 5.42. The standard InChI is InChI=1S/C15H27N3O/c1-3-5-15(16)13-6-7-18(10-13)12-14-11-17(4-2)8-9-19-14/h6-7,10,14-15H,3-5,8-9,11-12,16H2,1-2H3. The topological polar surface area (TPSA) is 43.4 Å². The fourth-order valence-electron chi connectivity index (χ4n) is 2.68. The first-order valence-electron chi connectivity index (χ1n) is 7.48. The number of aromatic nitrogens is 1. The minimum atomic E-state index is 0.172. The number of hydrogen-bond acceptors (Lipinski definition) is 3. The van der Waals surface area contributed by atoms with Gasteiger partial charge in [0.1, 0.15) is 0 Å². The van der Waals surface area contributed by atoms with Crippen molar-refractivity contribution >= 4 is 0 Å². The zero-order valence-corrected chi connectivity index (χ0v) is 12.2. The molecule has 2 rings (SSSR count). The lowest BCUT2D eigenvalue weighted by Gasteiger charge is -2.32. The second kappa shape index (κ2) is 7.08. The summed E-state index contributed by atoms with van der Waals surface area (Å²) in [5.74, 6) is 0. The maximum absolute atomic E-state index is 6.14. The Labute approximate surface area is 116 Å². The predicted octanol–water partition coefficient (Wildman–Crippen LogP) is 2.01. The molecule has 0 radical (unpaired) electrons. The van der Waals surface area contributed by atoms with E-state index in [4.69, 9.17) is 10.5 Å². The molecule has 108 valence electrons. The molecule has 1 fully saturated rings. The SMILES string of the molecule is CCCC(N)c1ccn(CC2CN(CC)CCO2)c1. The van der Waals surface area contributed by atoms with Gasteiger partial charge in [-0.1, -0.05) is 20.3 Å². The molecule has 1 aromatic rings. The van der Waals surface area contributed by atoms with Crippen molar-refractivity contribution in [2.24, 2.45) is 5.73 Å². The Morgan fingerprint density at radius 3 is 3.05 bits per heavy atom. The van der Waals surface area contributed by atoms with E-state index < -0.39 is 0 Å². The lowest BCUT2D eigenvalue weighted by molar-refractivity contribution is -0.0342. The average molecular weight is 265 g/mol. The van der Waals surface area contributed by atoms with Gasteiger partial charge in [0, 0.05) is 38.1 Å². The largest absolute Gasteiger partial charge is 0.374 e. The molecule has 0 aromatic carbocycles. The molecule has 1 aromatic heterocycles. The fourth-order valence-corrected chi connectivity index (χ4v) is 2.68. The molecule has 0 aliphatic carbocycles. The second-order valence-electron chi connectivity index (χ2n) is 5.42. The first-order valence-corrected chi connectivity index (χ1v) is 7.48. The third-order valence-corrected chi connectivity index (χ3v) is 3.89. The summed E-state index contributed by atoms with van der Waals surface area (Å²) in [5, 5.41) is 0. The fraction of sp³-hybridized carbons (Fsp3) is 0.733. The minimum absolute atomic E-state index is 0.172. The van der Waals surface area contributed by atoms with Crippen LogP contribution in [0.15, 0.2) is 18.5 Å². The quantitative estimate of drug-likeness (QED) is 0.855. The third kappa shape index (κ3) is 4.06. The molecular weight excluding hydrogens is 238 g/mol. The van der Waals surface area contributed by atoms with Crippen molar-refractivity contribution < 1.29 is 4.74 Å². The Kier molecular flexibility index (Phi) is 5.43. The molecule has 4 nitrogen and oxygen atoms in total. The molecule has 0 amide bonds. The number of nitrogens with two attached hydrogens (primary N) is 1. The van der Waals surface area contributed by atoms with Crippen molar-refractivity contribution in [3.8, 4) is 0 Å². The molecule has 0 bridgehead atoms. The number of morpholine rings is 1. The Morgan fingerprint density at radius 1 is 1.47 bits per heavy atom. The molecule has 1 aliphatic rings. The van der Waals surface area contributed by atoms with Crippen molar-refractivity contribution in [3.05, 3.63) is 24.0 Å². The predicted molar refractivity (Wildman–Crippen MR) is 78.1 cm³/mol. The lowest BCUT2D eigenvalue weighted by Crippen LogP contribution is -2.43. The van der Waals surface area contributed by atoms with Crippen LogP contribution in [-0.4, -0.2) is 41.8 Å². The van der Waals surface area contributed by atoms with Crippen molar-refractivity contribution in [1.29, 1.82) is 0 Å². The van der Waals surface area contributed by atoms with E-state index in [2.05, 4.69) is 41.8 Å². The molecule has 2 unspecified atom stereocenters. The van der Waals surface area contributed by atoms with Crippen LogP contribution >= 0.6 is 0 Å². The Balaban J connectivity index is 1.88. The average Bonchev–Trinajstić information content (AvgIpc) is 2.88. The van der Waals surface area contributed by atoms with Crippen LogP contribution < -0.4 is 5.73 Å². The van der Waals surface area contributed by atoms with Gasteiger partial charge in [-0.15, -0.1) is 0 Å². The van der Waals surface area contributed by atoms with E-state index >= 15 is 0 Å². The Morgan fingerprint density at radius 2 is 2.32 bits per heavy atom. The van der Waals surface area contributed by atoms with Crippen LogP contribution in [0, 0.1) is 0 Å². The van der Waals surface area contributed by atoms with Gasteiger partial charge in [-0.2, -0.15) is 0 Å². The van der Waals surface area contributed by atoms with Crippen LogP contribution in [0.3, 0.4) is 0 Å². The molecule has 0 spiro atoms. The van der Waals surface area contributed by atoms with Gasteiger partial charge < -0.3 is 15.0 Å². The van der Waals surface area contributed by atoms with Crippen LogP contribution in [0.2, 0.25) is 0 Å². The van der Waals surface area contributed by atoms with Gasteiger partial charge in [0.05, 0.1) is 12.7 Å². The summed E-state index contributed by atoms with van der Waals surface area (Å²) in [5.41, 5.74) is 7.38. The Hall–Kier alpha value is -0.840. The van der Waals surface area contributed by atoms with Gasteiger partial charge in [-0.3, -0.25) is 4.90 Å². The summed E-state index contributed by atoms with van der Waals surface area (Å²) in [4.78, 5) is 2.45. The normalized spacial score (nSPS) is 22.6. The molecule has 2 atom stereocenters. The highest BCUT2D eigenvalue weighted by Crippen LogP contribution is 2.17. The highest BCUT2D eigenvalue weighted by Gasteiger charge is 2.19. The van der Waals surface area contributed by atoms with E-state index in [0.717, 1.165) is 45.6 Å². The molecule has 2 heterocycles. The van der Waals surface area contributed by atoms with Crippen molar-refractivity contribution in [3.63, 3.8) is 0 Å². The van der Waals surface area contributed by atoms with E-state index in [1.165, 1.54) is 5.56 Å². The number of rotatable bonds is 6. The number of nitrogens with zero attached hydrogens (tertiary/aromatic N) is 2. The lowest BCUT2D eigenvalue weighted by atomic mass is 10.1. The number of likely N-dealkylation sites (N-methyl/N-ethyl adjacent to an activating group) is 1. The molecule has 4 heteroatoms. The zero-order valence-electron chi connectivity index (χ0n) is 12.2. The van der Waals surface area contributed by atoms with Gasteiger partial charge >= 0.3 is 0 Å². The summed E-state index contributed by atoms with van der Waals surface area (Å²) in [6, 6.07) is 2.31. The molecule has 1 saturated heterocycles. The van der Waals surface area contributed by atoms with Crippen LogP contribution in [0.1, 0.15) is 38.3 Å². The summed E-state index contributed by atoms with van der Waals surface area (Å²) >= 11 is 0. The monoisotopic (exact) mass is 265 g/mol. The Bertz CT molecular complexity index is 377. The number of ether oxygens (including phenoxy) is 1. The van der Waals surface area contributed by atoms with E-state index in [-0.39, 0.29) is 6.04 Å². The minimum Gasteiger partial charge on any atom is -0.374 e. The highest BCUT2D eigenvalue weighted by molar-refractivity contribution is 5.14. The van der Waals surface area contributed by atoms with Gasteiger partial charge in [0.15, 0.2) is 0 Å². The van der Waals surface area contributed by atoms with E-state index in [1.807, 2.05) is 0 Å². The molecular formula is C15H27N3O. The molecule has 0 saturated carbocycles. The van der Waals surface area contributed by atoms with Crippen molar-refractivity contribution in [1.82, 2.24) is 9.47 Å². The first-order chi connectivity index (χ1) is 9.22. The molecule has 1 aliphatic heterocycles. The first kappa shape index (κ1) is 14.6. The molecule has 19 heavy (non-hydrogen) atoms. The summed E-state index contributed by atoms with van der Waals surface area (Å²) in [6.07, 6.45) is 6.78. The maximum atomic E-state index is 6.14. The van der Waals surface area contributed by atoms with E-state index in [1.54, 1.807) is 0 Å². The highest BCUT2D eigenvalue weighted by atomic mass is 16.5. The summed E-state index contributed by atoms with van der Waals surface area (Å²) in [6.45, 7) is 9.36.